The summed E-state index contributed by atoms with van der Waals surface area (Å²) in [5.74, 6) is 0. The Hall–Kier alpha value is -3.12. The zero-order valence-corrected chi connectivity index (χ0v) is 22.2. The highest BCUT2D eigenvalue weighted by Crippen LogP contribution is 2.34. The van der Waals surface area contributed by atoms with E-state index in [1.54, 1.807) is 51.1 Å². The average Bonchev–Trinajstić information content (AvgIpc) is 3.33. The van der Waals surface area contributed by atoms with Crippen LogP contribution in [0.15, 0.2) is 48.5 Å². The van der Waals surface area contributed by atoms with E-state index in [1.165, 1.54) is 12.1 Å². The van der Waals surface area contributed by atoms with Crippen LogP contribution in [-0.4, -0.2) is 42.4 Å². The summed E-state index contributed by atoms with van der Waals surface area (Å²) in [7, 11) is -2.92. The van der Waals surface area contributed by atoms with Crippen LogP contribution in [0.2, 0.25) is 0 Å². The van der Waals surface area contributed by atoms with Gasteiger partial charge in [-0.05, 0) is 56.9 Å². The van der Waals surface area contributed by atoms with Gasteiger partial charge in [0, 0.05) is 6.42 Å². The highest BCUT2D eigenvalue weighted by atomic mass is 32.2. The van der Waals surface area contributed by atoms with E-state index in [0.29, 0.717) is 16.8 Å². The molecule has 1 aliphatic carbocycles. The van der Waals surface area contributed by atoms with Gasteiger partial charge < -0.3 is 26.6 Å². The van der Waals surface area contributed by atoms with E-state index in [9.17, 15) is 18.3 Å². The average molecular weight is 533 g/mol. The van der Waals surface area contributed by atoms with Crippen molar-refractivity contribution in [1.29, 1.82) is 0 Å². The third-order valence-electron chi connectivity index (χ3n) is 6.17. The van der Waals surface area contributed by atoms with Crippen LogP contribution < -0.4 is 22.3 Å². The van der Waals surface area contributed by atoms with E-state index in [2.05, 4.69) is 10.8 Å². The summed E-state index contributed by atoms with van der Waals surface area (Å²) in [5.41, 5.74) is 13.4. The molecule has 37 heavy (non-hydrogen) atoms. The Morgan fingerprint density at radius 3 is 2.30 bits per heavy atom. The topological polar surface area (TPSA) is 166 Å². The molecule has 0 saturated heterocycles. The summed E-state index contributed by atoms with van der Waals surface area (Å²) in [4.78, 5) is 18.2. The predicted octanol–water partition coefficient (Wildman–Crippen LogP) is 2.65. The van der Waals surface area contributed by atoms with E-state index in [1.807, 2.05) is 6.07 Å². The molecular formula is C26H36N4O6S. The molecule has 0 aromatic heterocycles. The molecule has 0 aliphatic heterocycles. The maximum Gasteiger partial charge on any atom is 0.408 e. The quantitative estimate of drug-likeness (QED) is 0.195. The fourth-order valence-corrected chi connectivity index (χ4v) is 4.85. The molecule has 10 nitrogen and oxygen atoms in total. The molecule has 0 heterocycles. The zero-order chi connectivity index (χ0) is 27.2. The lowest BCUT2D eigenvalue weighted by atomic mass is 9.78. The third-order valence-corrected chi connectivity index (χ3v) is 6.84. The molecule has 0 unspecified atom stereocenters. The Bertz CT molecular complexity index is 1220. The number of carbonyl (C=O) groups excluding carboxylic acids is 1. The van der Waals surface area contributed by atoms with Gasteiger partial charge in [-0.3, -0.25) is 4.84 Å². The first kappa shape index (κ1) is 28.5. The Balaban J connectivity index is 2.16. The van der Waals surface area contributed by atoms with Gasteiger partial charge in [0.2, 0.25) is 10.3 Å². The number of hydrogen-bond acceptors (Lipinski definition) is 8. The van der Waals surface area contributed by atoms with Gasteiger partial charge in [-0.2, -0.15) is 13.9 Å². The number of benzene rings is 2. The fraction of sp³-hybridized carbons (Fsp3) is 0.462. The standard InChI is InChI=1S/C26H36N4O6S/c1-25(2,3)35-24(32)29-26(16-17-9-5-4-6-10-17,18-13-14-20(27)21(28)15-18)22(31)23(37(33)34)30-36-19-11-7-8-12-19/h4-6,9-10,13-15,19,22,30-31H,7-8,11-12,16,27-28H2,1-3H3,(H,29,32)/t22-,26-/m0/s1. The first-order valence-corrected chi connectivity index (χ1v) is 13.2. The molecule has 1 aliphatic rings. The van der Waals surface area contributed by atoms with Crippen LogP contribution >= 0.6 is 0 Å². The minimum Gasteiger partial charge on any atom is -0.444 e. The Labute approximate surface area is 218 Å². The van der Waals surface area contributed by atoms with Gasteiger partial charge in [-0.25, -0.2) is 4.79 Å². The van der Waals surface area contributed by atoms with Crippen LogP contribution in [0.4, 0.5) is 16.2 Å². The first-order valence-electron chi connectivity index (χ1n) is 12.2. The Morgan fingerprint density at radius 2 is 1.73 bits per heavy atom. The van der Waals surface area contributed by atoms with Crippen molar-refractivity contribution in [3.63, 3.8) is 0 Å². The second kappa shape index (κ2) is 12.0. The Morgan fingerprint density at radius 1 is 1.08 bits per heavy atom. The lowest BCUT2D eigenvalue weighted by molar-refractivity contribution is 0.00225. The number of nitrogen functional groups attached to an aromatic ring is 2. The number of anilines is 2. The Kier molecular flexibility index (Phi) is 9.19. The van der Waals surface area contributed by atoms with Crippen LogP contribution in [0.3, 0.4) is 0 Å². The van der Waals surface area contributed by atoms with Crippen LogP contribution in [0.1, 0.15) is 57.6 Å². The molecule has 1 fully saturated rings. The minimum atomic E-state index is -2.92. The summed E-state index contributed by atoms with van der Waals surface area (Å²) in [6.45, 7) is 5.10. The van der Waals surface area contributed by atoms with Crippen molar-refractivity contribution in [2.24, 2.45) is 0 Å². The van der Waals surface area contributed by atoms with Gasteiger partial charge in [0.1, 0.15) is 17.2 Å². The van der Waals surface area contributed by atoms with E-state index >= 15 is 0 Å². The summed E-state index contributed by atoms with van der Waals surface area (Å²) in [5, 5.41) is 14.5. The molecule has 0 spiro atoms. The van der Waals surface area contributed by atoms with Gasteiger partial charge in [-0.15, -0.1) is 0 Å². The van der Waals surface area contributed by atoms with Crippen LogP contribution in [-0.2, 0) is 31.8 Å². The molecule has 2 atom stereocenters. The summed E-state index contributed by atoms with van der Waals surface area (Å²) in [6, 6.07) is 13.6. The number of aliphatic hydroxyl groups is 1. The number of alkyl carbamates (subject to hydrolysis) is 1. The first-order chi connectivity index (χ1) is 17.4. The largest absolute Gasteiger partial charge is 0.444 e. The number of rotatable bonds is 8. The number of nitrogens with one attached hydrogen (secondary N) is 2. The van der Waals surface area contributed by atoms with E-state index in [-0.39, 0.29) is 18.2 Å². The summed E-state index contributed by atoms with van der Waals surface area (Å²) in [6.07, 6.45) is 0.585. The van der Waals surface area contributed by atoms with Crippen LogP contribution in [0.25, 0.3) is 0 Å². The van der Waals surface area contributed by atoms with Crippen molar-refractivity contribution in [3.8, 4) is 0 Å². The molecule has 1 saturated carbocycles. The zero-order valence-electron chi connectivity index (χ0n) is 21.4. The van der Waals surface area contributed by atoms with Gasteiger partial charge in [-0.1, -0.05) is 49.2 Å². The van der Waals surface area contributed by atoms with Crippen LogP contribution in [0, 0.1) is 0 Å². The van der Waals surface area contributed by atoms with Gasteiger partial charge in [0.05, 0.1) is 17.5 Å². The molecule has 2 aromatic rings. The molecule has 1 amide bonds. The van der Waals surface area contributed by atoms with Gasteiger partial charge in [0.25, 0.3) is 0 Å². The van der Waals surface area contributed by atoms with Crippen molar-refractivity contribution in [2.75, 3.05) is 11.5 Å². The summed E-state index contributed by atoms with van der Waals surface area (Å²) >= 11 is 0. The number of hydrogen-bond donors (Lipinski definition) is 5. The molecule has 2 aromatic carbocycles. The molecule has 0 bridgehead atoms. The monoisotopic (exact) mass is 532 g/mol. The van der Waals surface area contributed by atoms with Gasteiger partial charge >= 0.3 is 6.09 Å². The van der Waals surface area contributed by atoms with Crippen molar-refractivity contribution < 1.29 is 27.9 Å². The predicted molar refractivity (Wildman–Crippen MR) is 143 cm³/mol. The molecule has 202 valence electrons. The lowest BCUT2D eigenvalue weighted by Gasteiger charge is -2.40. The number of hydroxylamine groups is 1. The summed E-state index contributed by atoms with van der Waals surface area (Å²) < 4.78 is 30.3. The van der Waals surface area contributed by atoms with Gasteiger partial charge in [0.15, 0.2) is 4.99 Å². The highest BCUT2D eigenvalue weighted by molar-refractivity contribution is 7.73. The second-order valence-electron chi connectivity index (χ2n) is 10.2. The molecule has 3 rings (SSSR count). The maximum absolute atomic E-state index is 13.1. The van der Waals surface area contributed by atoms with Crippen molar-refractivity contribution in [1.82, 2.24) is 10.8 Å². The minimum absolute atomic E-state index is 0.0105. The number of carbonyl (C=O) groups is 1. The van der Waals surface area contributed by atoms with Crippen LogP contribution in [0.5, 0.6) is 0 Å². The maximum atomic E-state index is 13.1. The lowest BCUT2D eigenvalue weighted by Crippen LogP contribution is -2.61. The van der Waals surface area contributed by atoms with E-state index in [4.69, 9.17) is 21.0 Å². The number of amides is 1. The highest BCUT2D eigenvalue weighted by Gasteiger charge is 2.46. The van der Waals surface area contributed by atoms with Crippen molar-refractivity contribution in [2.45, 2.75) is 76.2 Å². The van der Waals surface area contributed by atoms with E-state index < -0.39 is 38.6 Å². The second-order valence-corrected chi connectivity index (χ2v) is 11.1. The molecular weight excluding hydrogens is 496 g/mol. The number of nitrogens with two attached hydrogens (primary N) is 2. The van der Waals surface area contributed by atoms with Crippen molar-refractivity contribution in [3.05, 3.63) is 59.7 Å². The van der Waals surface area contributed by atoms with E-state index in [0.717, 1.165) is 25.7 Å². The van der Waals surface area contributed by atoms with Crippen molar-refractivity contribution >= 4 is 32.7 Å². The smallest absolute Gasteiger partial charge is 0.408 e. The fourth-order valence-electron chi connectivity index (χ4n) is 4.35. The molecule has 0 radical (unpaired) electrons. The molecule has 11 heteroatoms. The molecule has 7 N–H and O–H groups in total. The number of ether oxygens (including phenoxy) is 1. The third kappa shape index (κ3) is 7.45. The normalized spacial score (nSPS) is 16.5. The number of aliphatic hydroxyl groups excluding tert-OH is 1. The SMILES string of the molecule is CC(C)(C)OC(=O)N[C@@](Cc1ccccc1)(c1ccc(N)c(N)c1)[C@@H](O)C(NOC1CCCC1)=S(=O)=O.